The van der Waals surface area contributed by atoms with E-state index in [1.165, 1.54) is 5.56 Å². The van der Waals surface area contributed by atoms with Gasteiger partial charge in [-0.05, 0) is 87.0 Å². The molecule has 0 saturated heterocycles. The second-order valence-electron chi connectivity index (χ2n) is 7.71. The third-order valence-corrected chi connectivity index (χ3v) is 8.15. The summed E-state index contributed by atoms with van der Waals surface area (Å²) >= 11 is 12.8. The third-order valence-electron chi connectivity index (χ3n) is 5.82. The van der Waals surface area contributed by atoms with Crippen LogP contribution in [0.25, 0.3) is 0 Å². The molecule has 0 amide bonds. The SMILES string of the molecule is CCN(C(=S)c1ccc(C2(F)CC2c2ccc(Br)c(Br)c2)cc1)c1ccccc1C. The number of aryl methyl sites for hydroxylation is 1. The second kappa shape index (κ2) is 8.52. The smallest absolute Gasteiger partial charge is 0.143 e. The van der Waals surface area contributed by atoms with E-state index in [2.05, 4.69) is 62.7 Å². The topological polar surface area (TPSA) is 3.24 Å². The van der Waals surface area contributed by atoms with E-state index in [9.17, 15) is 0 Å². The summed E-state index contributed by atoms with van der Waals surface area (Å²) in [6.07, 6.45) is 0.509. The minimum atomic E-state index is -1.31. The van der Waals surface area contributed by atoms with Crippen LogP contribution in [0, 0.1) is 6.92 Å². The monoisotopic (exact) mass is 545 g/mol. The fourth-order valence-electron chi connectivity index (χ4n) is 4.00. The van der Waals surface area contributed by atoms with Crippen molar-refractivity contribution in [1.82, 2.24) is 0 Å². The molecule has 3 aromatic rings. The number of benzene rings is 3. The van der Waals surface area contributed by atoms with Crippen molar-refractivity contribution >= 4 is 54.8 Å². The highest BCUT2D eigenvalue weighted by Gasteiger charge is 2.57. The fourth-order valence-corrected chi connectivity index (χ4v) is 5.01. The highest BCUT2D eigenvalue weighted by atomic mass is 79.9. The molecule has 4 rings (SSSR count). The number of anilines is 1. The molecule has 0 N–H and O–H groups in total. The third kappa shape index (κ3) is 4.00. The first-order valence-corrected chi connectivity index (χ1v) is 12.0. The summed E-state index contributed by atoms with van der Waals surface area (Å²) in [7, 11) is 0. The fraction of sp³-hybridized carbons (Fsp3) is 0.240. The van der Waals surface area contributed by atoms with Crippen molar-refractivity contribution in [2.24, 2.45) is 0 Å². The molecule has 1 fully saturated rings. The zero-order valence-electron chi connectivity index (χ0n) is 16.8. The average Bonchev–Trinajstić information content (AvgIpc) is 3.45. The Morgan fingerprint density at radius 1 is 1.07 bits per heavy atom. The zero-order valence-corrected chi connectivity index (χ0v) is 20.8. The van der Waals surface area contributed by atoms with E-state index in [4.69, 9.17) is 12.2 Å². The summed E-state index contributed by atoms with van der Waals surface area (Å²) < 4.78 is 17.5. The molecular weight excluding hydrogens is 525 g/mol. The molecule has 1 aliphatic carbocycles. The van der Waals surface area contributed by atoms with Crippen LogP contribution in [0.2, 0.25) is 0 Å². The Hall–Kier alpha value is -1.56. The van der Waals surface area contributed by atoms with Crippen LogP contribution < -0.4 is 4.90 Å². The molecule has 1 nitrogen and oxygen atoms in total. The summed E-state index contributed by atoms with van der Waals surface area (Å²) in [5.41, 5.74) is 3.65. The number of alkyl halides is 1. The largest absolute Gasteiger partial charge is 0.332 e. The van der Waals surface area contributed by atoms with Crippen LogP contribution in [-0.2, 0) is 5.67 Å². The van der Waals surface area contributed by atoms with Gasteiger partial charge >= 0.3 is 0 Å². The van der Waals surface area contributed by atoms with Gasteiger partial charge in [0, 0.05) is 32.7 Å². The molecule has 5 heteroatoms. The molecule has 30 heavy (non-hydrogen) atoms. The van der Waals surface area contributed by atoms with Crippen molar-refractivity contribution in [3.8, 4) is 0 Å². The number of halogens is 3. The molecule has 0 spiro atoms. The number of thiocarbonyl (C=S) groups is 1. The molecule has 154 valence electrons. The molecule has 2 atom stereocenters. The van der Waals surface area contributed by atoms with Gasteiger partial charge in [0.05, 0.1) is 0 Å². The van der Waals surface area contributed by atoms with Gasteiger partial charge in [0.1, 0.15) is 10.7 Å². The Morgan fingerprint density at radius 2 is 1.77 bits per heavy atom. The lowest BCUT2D eigenvalue weighted by Crippen LogP contribution is -2.30. The Balaban J connectivity index is 1.55. The van der Waals surface area contributed by atoms with Gasteiger partial charge in [-0.25, -0.2) is 4.39 Å². The lowest BCUT2D eigenvalue weighted by Gasteiger charge is -2.26. The minimum absolute atomic E-state index is 0.112. The summed E-state index contributed by atoms with van der Waals surface area (Å²) in [6.45, 7) is 4.96. The average molecular weight is 547 g/mol. The van der Waals surface area contributed by atoms with Crippen molar-refractivity contribution < 1.29 is 4.39 Å². The predicted molar refractivity (Wildman–Crippen MR) is 134 cm³/mol. The van der Waals surface area contributed by atoms with Crippen LogP contribution in [0.5, 0.6) is 0 Å². The molecule has 0 aromatic heterocycles. The molecular formula is C25H22Br2FNS. The molecule has 1 aliphatic rings. The van der Waals surface area contributed by atoms with E-state index in [0.29, 0.717) is 6.42 Å². The summed E-state index contributed by atoms with van der Waals surface area (Å²) in [5.74, 6) is -0.112. The number of para-hydroxylation sites is 1. The van der Waals surface area contributed by atoms with Crippen molar-refractivity contribution in [1.29, 1.82) is 0 Å². The van der Waals surface area contributed by atoms with E-state index in [1.807, 2.05) is 54.6 Å². The van der Waals surface area contributed by atoms with Crippen LogP contribution in [0.4, 0.5) is 10.1 Å². The van der Waals surface area contributed by atoms with E-state index < -0.39 is 5.67 Å². The van der Waals surface area contributed by atoms with Crippen LogP contribution in [-0.4, -0.2) is 11.5 Å². The maximum atomic E-state index is 15.6. The second-order valence-corrected chi connectivity index (χ2v) is 9.80. The van der Waals surface area contributed by atoms with E-state index in [1.54, 1.807) is 0 Å². The normalized spacial score (nSPS) is 20.1. The number of rotatable bonds is 5. The van der Waals surface area contributed by atoms with Crippen LogP contribution >= 0.6 is 44.1 Å². The van der Waals surface area contributed by atoms with Crippen LogP contribution in [0.1, 0.15) is 41.5 Å². The Kier molecular flexibility index (Phi) is 6.16. The summed E-state index contributed by atoms with van der Waals surface area (Å²) in [4.78, 5) is 2.89. The first-order chi connectivity index (χ1) is 14.3. The van der Waals surface area contributed by atoms with Gasteiger partial charge in [-0.1, -0.05) is 60.7 Å². The van der Waals surface area contributed by atoms with Crippen LogP contribution in [0.3, 0.4) is 0 Å². The molecule has 0 bridgehead atoms. The minimum Gasteiger partial charge on any atom is -0.332 e. The quantitative estimate of drug-likeness (QED) is 0.297. The number of hydrogen-bond acceptors (Lipinski definition) is 1. The van der Waals surface area contributed by atoms with Crippen molar-refractivity contribution in [3.05, 3.63) is 97.9 Å². The standard InChI is InChI=1S/C25H22Br2FNS/c1-3-29(23-7-5-4-6-16(23)2)24(30)17-8-11-19(12-9-17)25(28)15-20(25)18-10-13-21(26)22(27)14-18/h4-14,20H,3,15H2,1-2H3. The molecule has 0 aliphatic heterocycles. The van der Waals surface area contributed by atoms with Gasteiger partial charge in [-0.2, -0.15) is 0 Å². The highest BCUT2D eigenvalue weighted by Crippen LogP contribution is 2.62. The molecule has 2 unspecified atom stereocenters. The number of nitrogens with zero attached hydrogens (tertiary/aromatic N) is 1. The van der Waals surface area contributed by atoms with Gasteiger partial charge in [-0.15, -0.1) is 0 Å². The summed E-state index contributed by atoms with van der Waals surface area (Å²) in [5, 5.41) is 0. The first-order valence-electron chi connectivity index (χ1n) is 9.97. The Labute approximate surface area is 199 Å². The predicted octanol–water partition coefficient (Wildman–Crippen LogP) is 8.07. The first kappa shape index (κ1) is 21.7. The molecule has 1 saturated carbocycles. The maximum absolute atomic E-state index is 15.6. The maximum Gasteiger partial charge on any atom is 0.143 e. The van der Waals surface area contributed by atoms with Crippen molar-refractivity contribution in [3.63, 3.8) is 0 Å². The lowest BCUT2D eigenvalue weighted by molar-refractivity contribution is 0.306. The van der Waals surface area contributed by atoms with E-state index in [0.717, 1.165) is 42.9 Å². The van der Waals surface area contributed by atoms with E-state index >= 15 is 4.39 Å². The molecule has 0 radical (unpaired) electrons. The Morgan fingerprint density at radius 3 is 2.40 bits per heavy atom. The Bertz CT molecular complexity index is 1100. The molecule has 0 heterocycles. The van der Waals surface area contributed by atoms with Gasteiger partial charge < -0.3 is 4.90 Å². The highest BCUT2D eigenvalue weighted by molar-refractivity contribution is 9.13. The van der Waals surface area contributed by atoms with Gasteiger partial charge in [0.2, 0.25) is 0 Å². The number of hydrogen-bond donors (Lipinski definition) is 0. The van der Waals surface area contributed by atoms with Crippen molar-refractivity contribution in [2.45, 2.75) is 31.9 Å². The van der Waals surface area contributed by atoms with Gasteiger partial charge in [-0.3, -0.25) is 0 Å². The van der Waals surface area contributed by atoms with Gasteiger partial charge in [0.15, 0.2) is 0 Å². The van der Waals surface area contributed by atoms with Crippen molar-refractivity contribution in [2.75, 3.05) is 11.4 Å². The lowest BCUT2D eigenvalue weighted by atomic mass is 10.0. The van der Waals surface area contributed by atoms with Gasteiger partial charge in [0.25, 0.3) is 0 Å². The molecule has 3 aromatic carbocycles. The summed E-state index contributed by atoms with van der Waals surface area (Å²) in [6, 6.07) is 21.9. The van der Waals surface area contributed by atoms with Crippen LogP contribution in [0.15, 0.2) is 75.7 Å². The zero-order chi connectivity index (χ0) is 21.5. The van der Waals surface area contributed by atoms with E-state index in [-0.39, 0.29) is 5.92 Å².